The maximum atomic E-state index is 5.81. The lowest BCUT2D eigenvalue weighted by Crippen LogP contribution is -2.22. The number of hydrogen-bond donors (Lipinski definition) is 1. The van der Waals surface area contributed by atoms with Gasteiger partial charge in [0, 0.05) is 18.2 Å². The van der Waals surface area contributed by atoms with Crippen molar-refractivity contribution in [1.29, 1.82) is 0 Å². The van der Waals surface area contributed by atoms with E-state index in [1.165, 1.54) is 5.56 Å². The van der Waals surface area contributed by atoms with Gasteiger partial charge in [0.2, 0.25) is 0 Å². The molecule has 0 saturated carbocycles. The third kappa shape index (κ3) is 3.07. The smallest absolute Gasteiger partial charge is 0.127 e. The van der Waals surface area contributed by atoms with Gasteiger partial charge < -0.3 is 19.5 Å². The van der Waals surface area contributed by atoms with Crippen LogP contribution >= 0.6 is 0 Å². The molecule has 0 aromatic heterocycles. The van der Waals surface area contributed by atoms with Gasteiger partial charge in [-0.3, -0.25) is 0 Å². The van der Waals surface area contributed by atoms with E-state index in [-0.39, 0.29) is 6.10 Å². The van der Waals surface area contributed by atoms with E-state index in [9.17, 15) is 0 Å². The summed E-state index contributed by atoms with van der Waals surface area (Å²) < 4.78 is 17.1. The summed E-state index contributed by atoms with van der Waals surface area (Å²) in [5.41, 5.74) is 1.24. The predicted molar refractivity (Wildman–Crippen MR) is 77.4 cm³/mol. The van der Waals surface area contributed by atoms with E-state index in [0.29, 0.717) is 19.3 Å². The Morgan fingerprint density at radius 1 is 1.40 bits per heavy atom. The van der Waals surface area contributed by atoms with Gasteiger partial charge in [0.25, 0.3) is 0 Å². The molecule has 0 spiro atoms. The molecule has 2 aliphatic rings. The molecule has 1 fully saturated rings. The summed E-state index contributed by atoms with van der Waals surface area (Å²) in [7, 11) is 0. The first-order chi connectivity index (χ1) is 9.86. The van der Waals surface area contributed by atoms with Gasteiger partial charge in [-0.05, 0) is 37.9 Å². The molecule has 2 atom stereocenters. The average molecular weight is 277 g/mol. The quantitative estimate of drug-likeness (QED) is 0.868. The van der Waals surface area contributed by atoms with Crippen LogP contribution in [0.1, 0.15) is 37.8 Å². The van der Waals surface area contributed by atoms with Crippen LogP contribution in [0.5, 0.6) is 11.5 Å². The van der Waals surface area contributed by atoms with Crippen LogP contribution in [-0.2, 0) is 4.74 Å². The Bertz CT molecular complexity index is 443. The van der Waals surface area contributed by atoms with Gasteiger partial charge in [0.15, 0.2) is 0 Å². The molecule has 0 aliphatic carbocycles. The van der Waals surface area contributed by atoms with Crippen molar-refractivity contribution in [3.05, 3.63) is 23.8 Å². The second kappa shape index (κ2) is 6.46. The highest BCUT2D eigenvalue weighted by atomic mass is 16.5. The molecule has 4 heteroatoms. The summed E-state index contributed by atoms with van der Waals surface area (Å²) >= 11 is 0. The lowest BCUT2D eigenvalue weighted by atomic mass is 10.1. The monoisotopic (exact) mass is 277 g/mol. The molecule has 2 unspecified atom stereocenters. The van der Waals surface area contributed by atoms with Gasteiger partial charge in [0.05, 0.1) is 12.1 Å². The van der Waals surface area contributed by atoms with Crippen molar-refractivity contribution in [2.24, 2.45) is 0 Å². The van der Waals surface area contributed by atoms with E-state index in [4.69, 9.17) is 14.2 Å². The van der Waals surface area contributed by atoms with E-state index in [1.807, 2.05) is 12.1 Å². The number of hydrogen-bond acceptors (Lipinski definition) is 4. The fourth-order valence-corrected chi connectivity index (χ4v) is 2.73. The van der Waals surface area contributed by atoms with Crippen molar-refractivity contribution in [3.8, 4) is 11.5 Å². The molecule has 20 heavy (non-hydrogen) atoms. The highest BCUT2D eigenvalue weighted by Gasteiger charge is 2.24. The van der Waals surface area contributed by atoms with Crippen LogP contribution in [0.3, 0.4) is 0 Å². The van der Waals surface area contributed by atoms with E-state index in [2.05, 4.69) is 18.3 Å². The first-order valence-corrected chi connectivity index (χ1v) is 7.61. The number of benzene rings is 1. The van der Waals surface area contributed by atoms with Gasteiger partial charge in [-0.15, -0.1) is 0 Å². The predicted octanol–water partition coefficient (Wildman–Crippen LogP) is 2.68. The lowest BCUT2D eigenvalue weighted by molar-refractivity contribution is 0.0679. The van der Waals surface area contributed by atoms with Gasteiger partial charge in [-0.2, -0.15) is 0 Å². The molecular weight excluding hydrogens is 254 g/mol. The summed E-state index contributed by atoms with van der Waals surface area (Å²) in [6.45, 7) is 5.41. The molecule has 1 saturated heterocycles. The summed E-state index contributed by atoms with van der Waals surface area (Å²) in [4.78, 5) is 0. The zero-order valence-corrected chi connectivity index (χ0v) is 12.1. The summed E-state index contributed by atoms with van der Waals surface area (Å²) in [5, 5.41) is 3.50. The highest BCUT2D eigenvalue weighted by molar-refractivity contribution is 5.45. The number of fused-ring (bicyclic) bond motifs is 1. The number of nitrogens with one attached hydrogen (secondary N) is 1. The van der Waals surface area contributed by atoms with Crippen LogP contribution in [0, 0.1) is 0 Å². The zero-order chi connectivity index (χ0) is 13.8. The topological polar surface area (TPSA) is 39.7 Å². The minimum absolute atomic E-state index is 0.253. The minimum Gasteiger partial charge on any atom is -0.491 e. The lowest BCUT2D eigenvalue weighted by Gasteiger charge is -2.13. The van der Waals surface area contributed by atoms with Crippen LogP contribution < -0.4 is 14.8 Å². The van der Waals surface area contributed by atoms with E-state index in [0.717, 1.165) is 43.9 Å². The highest BCUT2D eigenvalue weighted by Crippen LogP contribution is 2.35. The minimum atomic E-state index is 0.253. The zero-order valence-electron chi connectivity index (χ0n) is 12.1. The fraction of sp³-hybridized carbons (Fsp3) is 0.625. The Hall–Kier alpha value is -1.26. The van der Waals surface area contributed by atoms with Crippen molar-refractivity contribution < 1.29 is 14.2 Å². The SMILES string of the molecule is CCCNC1COc2cc(OCC3CCCO3)ccc21. The summed E-state index contributed by atoms with van der Waals surface area (Å²) in [5.74, 6) is 1.82. The molecule has 0 bridgehead atoms. The third-order valence-corrected chi connectivity index (χ3v) is 3.87. The van der Waals surface area contributed by atoms with E-state index in [1.54, 1.807) is 0 Å². The molecular formula is C16H23NO3. The first kappa shape index (κ1) is 13.7. The second-order valence-electron chi connectivity index (χ2n) is 5.46. The van der Waals surface area contributed by atoms with Crippen molar-refractivity contribution in [2.45, 2.75) is 38.3 Å². The van der Waals surface area contributed by atoms with Crippen LogP contribution in [0.4, 0.5) is 0 Å². The van der Waals surface area contributed by atoms with Crippen molar-refractivity contribution in [2.75, 3.05) is 26.4 Å². The summed E-state index contributed by atoms with van der Waals surface area (Å²) in [6, 6.07) is 6.46. The molecule has 1 aromatic carbocycles. The molecule has 2 aliphatic heterocycles. The second-order valence-corrected chi connectivity index (χ2v) is 5.46. The Morgan fingerprint density at radius 2 is 2.35 bits per heavy atom. The largest absolute Gasteiger partial charge is 0.491 e. The van der Waals surface area contributed by atoms with Crippen LogP contribution in [0.2, 0.25) is 0 Å². The third-order valence-electron chi connectivity index (χ3n) is 3.87. The normalized spacial score (nSPS) is 24.4. The van der Waals surface area contributed by atoms with Crippen LogP contribution in [0.15, 0.2) is 18.2 Å². The molecule has 1 N–H and O–H groups in total. The van der Waals surface area contributed by atoms with E-state index < -0.39 is 0 Å². The molecule has 0 radical (unpaired) electrons. The fourth-order valence-electron chi connectivity index (χ4n) is 2.73. The molecule has 1 aromatic rings. The summed E-state index contributed by atoms with van der Waals surface area (Å²) in [6.07, 6.45) is 3.63. The number of rotatable bonds is 6. The Balaban J connectivity index is 1.58. The standard InChI is InChI=1S/C16H23NO3/c1-2-7-17-15-11-20-16-9-12(5-6-14(15)16)19-10-13-4-3-8-18-13/h5-6,9,13,15,17H,2-4,7-8,10-11H2,1H3. The van der Waals surface area contributed by atoms with Crippen molar-refractivity contribution >= 4 is 0 Å². The Kier molecular flexibility index (Phi) is 4.43. The van der Waals surface area contributed by atoms with Gasteiger partial charge in [-0.1, -0.05) is 6.92 Å². The Labute approximate surface area is 120 Å². The van der Waals surface area contributed by atoms with Gasteiger partial charge in [-0.25, -0.2) is 0 Å². The molecule has 4 nitrogen and oxygen atoms in total. The molecule has 0 amide bonds. The van der Waals surface area contributed by atoms with Gasteiger partial charge in [0.1, 0.15) is 24.7 Å². The molecule has 3 rings (SSSR count). The van der Waals surface area contributed by atoms with Crippen LogP contribution in [0.25, 0.3) is 0 Å². The first-order valence-electron chi connectivity index (χ1n) is 7.61. The number of ether oxygens (including phenoxy) is 3. The maximum absolute atomic E-state index is 5.81. The average Bonchev–Trinajstić information content (AvgIpc) is 3.12. The van der Waals surface area contributed by atoms with Crippen LogP contribution in [-0.4, -0.2) is 32.5 Å². The Morgan fingerprint density at radius 3 is 3.15 bits per heavy atom. The van der Waals surface area contributed by atoms with Crippen molar-refractivity contribution in [3.63, 3.8) is 0 Å². The van der Waals surface area contributed by atoms with Crippen molar-refractivity contribution in [1.82, 2.24) is 5.32 Å². The molecule has 2 heterocycles. The van der Waals surface area contributed by atoms with E-state index >= 15 is 0 Å². The van der Waals surface area contributed by atoms with Gasteiger partial charge >= 0.3 is 0 Å². The molecule has 110 valence electrons. The maximum Gasteiger partial charge on any atom is 0.127 e.